The van der Waals surface area contributed by atoms with E-state index in [0.717, 1.165) is 12.0 Å². The third-order valence-electron chi connectivity index (χ3n) is 5.56. The van der Waals surface area contributed by atoms with Gasteiger partial charge in [0.1, 0.15) is 5.60 Å². The summed E-state index contributed by atoms with van der Waals surface area (Å²) in [5, 5.41) is 3.99. The van der Waals surface area contributed by atoms with Crippen LogP contribution in [0, 0.1) is 0 Å². The molecule has 32 heavy (non-hydrogen) atoms. The molecule has 0 saturated heterocycles. The Labute approximate surface area is 189 Å². The van der Waals surface area contributed by atoms with Crippen LogP contribution in [0.5, 0.6) is 0 Å². The molecule has 9 heteroatoms. The van der Waals surface area contributed by atoms with E-state index >= 15 is 0 Å². The van der Waals surface area contributed by atoms with Crippen LogP contribution in [0.1, 0.15) is 71.8 Å². The number of benzene rings is 1. The third-order valence-corrected chi connectivity index (χ3v) is 7.37. The molecule has 1 N–H and O–H groups in total. The van der Waals surface area contributed by atoms with Gasteiger partial charge in [0, 0.05) is 5.56 Å². The van der Waals surface area contributed by atoms with E-state index in [9.17, 15) is 14.3 Å². The second kappa shape index (κ2) is 9.46. The minimum Gasteiger partial charge on any atom is -0.459 e. The number of aromatic nitrogens is 2. The minimum atomic E-state index is -4.30. The summed E-state index contributed by atoms with van der Waals surface area (Å²) >= 11 is 0. The number of hydrogen-bond acceptors (Lipinski definition) is 7. The van der Waals surface area contributed by atoms with E-state index in [1.54, 1.807) is 27.7 Å². The minimum absolute atomic E-state index is 0.0198. The fraction of sp³-hybridized carbons (Fsp3) is 0.609. The molecule has 1 heterocycles. The van der Waals surface area contributed by atoms with E-state index in [-0.39, 0.29) is 18.9 Å². The number of carbonyl (C=O) groups excluding carboxylic acids is 1. The van der Waals surface area contributed by atoms with Gasteiger partial charge in [0.25, 0.3) is 0 Å². The molecule has 2 unspecified atom stereocenters. The van der Waals surface area contributed by atoms with E-state index in [2.05, 4.69) is 29.2 Å². The Morgan fingerprint density at radius 1 is 1.25 bits per heavy atom. The van der Waals surface area contributed by atoms with Crippen LogP contribution in [0.3, 0.4) is 0 Å². The first-order valence-electron chi connectivity index (χ1n) is 11.1. The fourth-order valence-corrected chi connectivity index (χ4v) is 5.14. The molecule has 1 aromatic carbocycles. The predicted molar refractivity (Wildman–Crippen MR) is 120 cm³/mol. The molecule has 2 atom stereocenters. The molecule has 1 fully saturated rings. The first-order chi connectivity index (χ1) is 15.0. The van der Waals surface area contributed by atoms with Crippen molar-refractivity contribution in [1.82, 2.24) is 10.1 Å². The van der Waals surface area contributed by atoms with Crippen LogP contribution in [0.2, 0.25) is 0 Å². The van der Waals surface area contributed by atoms with Gasteiger partial charge in [-0.2, -0.15) is 4.98 Å². The molecular weight excluding hydrogens is 431 g/mol. The maximum Gasteiger partial charge on any atom is 0.342 e. The van der Waals surface area contributed by atoms with Crippen molar-refractivity contribution in [1.29, 1.82) is 0 Å². The molecule has 1 saturated carbocycles. The van der Waals surface area contributed by atoms with E-state index in [0.29, 0.717) is 11.2 Å². The molecule has 8 nitrogen and oxygen atoms in total. The van der Waals surface area contributed by atoms with Crippen molar-refractivity contribution in [3.63, 3.8) is 0 Å². The summed E-state index contributed by atoms with van der Waals surface area (Å²) < 4.78 is 28.3. The van der Waals surface area contributed by atoms with E-state index < -0.39 is 24.8 Å². The number of esters is 1. The summed E-state index contributed by atoms with van der Waals surface area (Å²) in [6.07, 6.45) is 4.53. The molecule has 1 aliphatic rings. The van der Waals surface area contributed by atoms with Crippen LogP contribution in [0.15, 0.2) is 28.8 Å². The Balaban J connectivity index is 1.78. The Hall–Kier alpha value is -2.02. The maximum absolute atomic E-state index is 12.7. The van der Waals surface area contributed by atoms with Gasteiger partial charge in [-0.1, -0.05) is 42.8 Å². The molecule has 0 spiro atoms. The summed E-state index contributed by atoms with van der Waals surface area (Å²) in [5.41, 5.74) is 0.149. The monoisotopic (exact) mass is 464 g/mol. The summed E-state index contributed by atoms with van der Waals surface area (Å²) in [5.74, 6) is -0.413. The van der Waals surface area contributed by atoms with Gasteiger partial charge >= 0.3 is 13.6 Å². The van der Waals surface area contributed by atoms with Crippen LogP contribution in [-0.2, 0) is 30.5 Å². The lowest BCUT2D eigenvalue weighted by molar-refractivity contribution is -0.154. The molecular formula is C23H33N2O6P. The summed E-state index contributed by atoms with van der Waals surface area (Å²) in [4.78, 5) is 27.3. The van der Waals surface area contributed by atoms with Crippen molar-refractivity contribution in [2.24, 2.45) is 0 Å². The van der Waals surface area contributed by atoms with Crippen LogP contribution in [0.25, 0.3) is 11.4 Å². The molecule has 0 radical (unpaired) electrons. The van der Waals surface area contributed by atoms with Crippen molar-refractivity contribution in [2.45, 2.75) is 83.4 Å². The van der Waals surface area contributed by atoms with E-state index in [1.807, 2.05) is 12.1 Å². The number of rotatable bonds is 10. The van der Waals surface area contributed by atoms with Gasteiger partial charge in [0.15, 0.2) is 5.66 Å². The van der Waals surface area contributed by atoms with Crippen molar-refractivity contribution in [2.75, 3.05) is 6.61 Å². The topological polar surface area (TPSA) is 112 Å². The molecule has 1 aliphatic carbocycles. The molecule has 0 bridgehead atoms. The van der Waals surface area contributed by atoms with Crippen molar-refractivity contribution in [3.8, 4) is 11.4 Å². The quantitative estimate of drug-likeness (QED) is 0.384. The first kappa shape index (κ1) is 24.6. The van der Waals surface area contributed by atoms with Gasteiger partial charge in [-0.25, -0.2) is 0 Å². The first-order valence-corrected chi connectivity index (χ1v) is 12.8. The Bertz CT molecular complexity index is 975. The van der Waals surface area contributed by atoms with Gasteiger partial charge in [-0.15, -0.1) is 0 Å². The van der Waals surface area contributed by atoms with Crippen LogP contribution in [-0.4, -0.2) is 38.9 Å². The van der Waals surface area contributed by atoms with Gasteiger partial charge in [-0.05, 0) is 57.9 Å². The fourth-order valence-electron chi connectivity index (χ4n) is 3.88. The number of hydrogen-bond donors (Lipinski definition) is 1. The van der Waals surface area contributed by atoms with E-state index in [1.165, 1.54) is 24.8 Å². The van der Waals surface area contributed by atoms with Crippen molar-refractivity contribution < 1.29 is 28.0 Å². The summed E-state index contributed by atoms with van der Waals surface area (Å²) in [7, 11) is -4.30. The van der Waals surface area contributed by atoms with Crippen LogP contribution in [0.4, 0.5) is 0 Å². The molecule has 2 aromatic rings. The standard InChI is InChI=1S/C23H33N2O6P/c1-6-12-23(13-14-23)17-10-8-16(9-11-17)20-24-19(31-25-20)15-18(32(27,28)29-7-2)21(26)30-22(3,4)5/h8-11,18H,6-7,12-15H2,1-5H3,(H,27,28). The zero-order valence-corrected chi connectivity index (χ0v) is 20.4. The average molecular weight is 464 g/mol. The second-order valence-corrected chi connectivity index (χ2v) is 11.4. The Morgan fingerprint density at radius 2 is 1.91 bits per heavy atom. The number of carbonyl (C=O) groups is 1. The number of nitrogens with zero attached hydrogens (tertiary/aromatic N) is 2. The van der Waals surface area contributed by atoms with E-state index in [4.69, 9.17) is 13.8 Å². The molecule has 3 rings (SSSR count). The lowest BCUT2D eigenvalue weighted by atomic mass is 9.90. The third kappa shape index (κ3) is 5.85. The number of ether oxygens (including phenoxy) is 1. The highest BCUT2D eigenvalue weighted by atomic mass is 31.2. The van der Waals surface area contributed by atoms with Crippen LogP contribution < -0.4 is 0 Å². The molecule has 1 aromatic heterocycles. The Morgan fingerprint density at radius 3 is 2.44 bits per heavy atom. The van der Waals surface area contributed by atoms with Gasteiger partial charge in [0.05, 0.1) is 13.0 Å². The van der Waals surface area contributed by atoms with Gasteiger partial charge in [0.2, 0.25) is 11.7 Å². The zero-order chi connectivity index (χ0) is 23.6. The van der Waals surface area contributed by atoms with Gasteiger partial charge in [-0.3, -0.25) is 9.36 Å². The lowest BCUT2D eigenvalue weighted by Crippen LogP contribution is -2.33. The smallest absolute Gasteiger partial charge is 0.342 e. The largest absolute Gasteiger partial charge is 0.459 e. The molecule has 0 aliphatic heterocycles. The maximum atomic E-state index is 12.7. The second-order valence-electron chi connectivity index (χ2n) is 9.35. The highest BCUT2D eigenvalue weighted by molar-refractivity contribution is 7.54. The predicted octanol–water partition coefficient (Wildman–Crippen LogP) is 5.04. The molecule has 0 amide bonds. The SMILES string of the molecule is CCCC1(c2ccc(-c3noc(CC(C(=O)OC(C)(C)C)P(=O)(O)OCC)n3)cc2)CC1. The Kier molecular flexibility index (Phi) is 7.28. The normalized spacial score (nSPS) is 18.1. The average Bonchev–Trinajstić information content (AvgIpc) is 3.33. The highest BCUT2D eigenvalue weighted by Gasteiger charge is 2.43. The van der Waals surface area contributed by atoms with Crippen LogP contribution >= 0.6 is 7.60 Å². The van der Waals surface area contributed by atoms with Crippen molar-refractivity contribution in [3.05, 3.63) is 35.7 Å². The zero-order valence-electron chi connectivity index (χ0n) is 19.5. The lowest BCUT2D eigenvalue weighted by Gasteiger charge is -2.25. The summed E-state index contributed by atoms with van der Waals surface area (Å²) in [6.45, 7) is 8.82. The highest BCUT2D eigenvalue weighted by Crippen LogP contribution is 2.52. The van der Waals surface area contributed by atoms with Crippen molar-refractivity contribution >= 4 is 13.6 Å². The molecule has 176 valence electrons. The summed E-state index contributed by atoms with van der Waals surface area (Å²) in [6, 6.07) is 8.13. The van der Waals surface area contributed by atoms with Gasteiger partial charge < -0.3 is 18.7 Å².